The maximum absolute atomic E-state index is 13.6. The third-order valence-electron chi connectivity index (χ3n) is 2.45. The molecule has 0 radical (unpaired) electrons. The van der Waals surface area contributed by atoms with Gasteiger partial charge in [-0.2, -0.15) is 4.31 Å². The van der Waals surface area contributed by atoms with Gasteiger partial charge in [-0.05, 0) is 18.2 Å². The fourth-order valence-electron chi connectivity index (χ4n) is 1.41. The zero-order chi connectivity index (χ0) is 12.6. The van der Waals surface area contributed by atoms with Crippen molar-refractivity contribution in [3.05, 3.63) is 28.5 Å². The molecule has 0 spiro atoms. The number of hydrogen-bond donors (Lipinski definition) is 0. The van der Waals surface area contributed by atoms with E-state index in [2.05, 4.69) is 15.9 Å². The molecule has 1 atom stereocenters. The molecule has 1 saturated heterocycles. The summed E-state index contributed by atoms with van der Waals surface area (Å²) in [6.07, 6.45) is -0.0618. The van der Waals surface area contributed by atoms with Gasteiger partial charge in [0.25, 0.3) is 0 Å². The normalized spacial score (nSPS) is 19.6. The van der Waals surface area contributed by atoms with Crippen LogP contribution in [-0.2, 0) is 14.8 Å². The van der Waals surface area contributed by atoms with Crippen molar-refractivity contribution in [1.82, 2.24) is 4.31 Å². The van der Waals surface area contributed by atoms with Crippen LogP contribution in [0.3, 0.4) is 0 Å². The standard InChI is InChI=1S/C10H11BrFNO3S/c1-13(5-8-6-16-8)17(14,15)10-3-2-7(11)4-9(10)12/h2-4,8H,5-6H2,1H3. The molecule has 1 unspecified atom stereocenters. The van der Waals surface area contributed by atoms with Crippen LogP contribution in [0, 0.1) is 5.82 Å². The molecule has 1 fully saturated rings. The summed E-state index contributed by atoms with van der Waals surface area (Å²) in [5, 5.41) is 0. The van der Waals surface area contributed by atoms with E-state index in [1.54, 1.807) is 0 Å². The molecular formula is C10H11BrFNO3S. The van der Waals surface area contributed by atoms with E-state index in [-0.39, 0.29) is 17.5 Å². The van der Waals surface area contributed by atoms with Crippen LogP contribution in [0.5, 0.6) is 0 Å². The van der Waals surface area contributed by atoms with E-state index in [4.69, 9.17) is 4.74 Å². The zero-order valence-corrected chi connectivity index (χ0v) is 11.5. The molecule has 1 aromatic rings. The lowest BCUT2D eigenvalue weighted by atomic mass is 10.3. The van der Waals surface area contributed by atoms with Gasteiger partial charge in [-0.25, -0.2) is 12.8 Å². The van der Waals surface area contributed by atoms with Crippen molar-refractivity contribution in [2.24, 2.45) is 0 Å². The predicted octanol–water partition coefficient (Wildman–Crippen LogP) is 1.61. The molecule has 94 valence electrons. The first-order valence-electron chi connectivity index (χ1n) is 4.94. The Hall–Kier alpha value is -0.500. The van der Waals surface area contributed by atoms with Gasteiger partial charge in [0.2, 0.25) is 10.0 Å². The Morgan fingerprint density at radius 2 is 2.24 bits per heavy atom. The predicted molar refractivity (Wildman–Crippen MR) is 63.7 cm³/mol. The number of sulfonamides is 1. The molecule has 17 heavy (non-hydrogen) atoms. The van der Waals surface area contributed by atoms with Crippen molar-refractivity contribution in [3.8, 4) is 0 Å². The van der Waals surface area contributed by atoms with Crippen molar-refractivity contribution < 1.29 is 17.5 Å². The van der Waals surface area contributed by atoms with Crippen LogP contribution >= 0.6 is 15.9 Å². The molecular weight excluding hydrogens is 313 g/mol. The third-order valence-corrected chi connectivity index (χ3v) is 4.80. The van der Waals surface area contributed by atoms with Gasteiger partial charge in [-0.1, -0.05) is 15.9 Å². The van der Waals surface area contributed by atoms with Crippen LogP contribution in [0.1, 0.15) is 0 Å². The van der Waals surface area contributed by atoms with Crippen LogP contribution in [0.2, 0.25) is 0 Å². The van der Waals surface area contributed by atoms with E-state index >= 15 is 0 Å². The minimum Gasteiger partial charge on any atom is -0.372 e. The minimum atomic E-state index is -3.78. The lowest BCUT2D eigenvalue weighted by Gasteiger charge is -2.16. The van der Waals surface area contributed by atoms with Crippen molar-refractivity contribution in [1.29, 1.82) is 0 Å². The largest absolute Gasteiger partial charge is 0.372 e. The summed E-state index contributed by atoms with van der Waals surface area (Å²) in [5.74, 6) is -0.761. The highest BCUT2D eigenvalue weighted by Crippen LogP contribution is 2.23. The number of halogens is 2. The summed E-state index contributed by atoms with van der Waals surface area (Å²) in [6.45, 7) is 0.806. The van der Waals surface area contributed by atoms with E-state index in [1.165, 1.54) is 19.2 Å². The van der Waals surface area contributed by atoms with Crippen LogP contribution < -0.4 is 0 Å². The maximum Gasteiger partial charge on any atom is 0.245 e. The van der Waals surface area contributed by atoms with Gasteiger partial charge in [-0.3, -0.25) is 0 Å². The number of rotatable bonds is 4. The quantitative estimate of drug-likeness (QED) is 0.791. The molecule has 0 saturated carbocycles. The number of hydrogen-bond acceptors (Lipinski definition) is 3. The number of likely N-dealkylation sites (N-methyl/N-ethyl adjacent to an activating group) is 1. The molecule has 1 aliphatic rings. The molecule has 1 aromatic carbocycles. The summed E-state index contributed by atoms with van der Waals surface area (Å²) < 4.78 is 44.2. The monoisotopic (exact) mass is 323 g/mol. The fourth-order valence-corrected chi connectivity index (χ4v) is 2.99. The lowest BCUT2D eigenvalue weighted by Crippen LogP contribution is -2.31. The van der Waals surface area contributed by atoms with E-state index < -0.39 is 15.8 Å². The number of epoxide rings is 1. The van der Waals surface area contributed by atoms with Crippen LogP contribution in [0.15, 0.2) is 27.6 Å². The summed E-state index contributed by atoms with van der Waals surface area (Å²) in [6, 6.07) is 3.88. The minimum absolute atomic E-state index is 0.0618. The molecule has 0 amide bonds. The summed E-state index contributed by atoms with van der Waals surface area (Å²) in [7, 11) is -2.37. The fraction of sp³-hybridized carbons (Fsp3) is 0.400. The Labute approximate surface area is 108 Å². The Balaban J connectivity index is 2.29. The van der Waals surface area contributed by atoms with E-state index in [9.17, 15) is 12.8 Å². The summed E-state index contributed by atoms with van der Waals surface area (Å²) >= 11 is 3.08. The second-order valence-corrected chi connectivity index (χ2v) is 6.74. The van der Waals surface area contributed by atoms with Gasteiger partial charge < -0.3 is 4.74 Å². The van der Waals surface area contributed by atoms with E-state index in [0.717, 1.165) is 10.4 Å². The first kappa shape index (κ1) is 12.9. The molecule has 1 aliphatic heterocycles. The molecule has 1 heterocycles. The summed E-state index contributed by atoms with van der Waals surface area (Å²) in [4.78, 5) is -0.316. The van der Waals surface area contributed by atoms with Crippen LogP contribution in [0.25, 0.3) is 0 Å². The average molecular weight is 324 g/mol. The van der Waals surface area contributed by atoms with E-state index in [0.29, 0.717) is 11.1 Å². The SMILES string of the molecule is CN(CC1CO1)S(=O)(=O)c1ccc(Br)cc1F. The molecule has 2 rings (SSSR count). The van der Waals surface area contributed by atoms with Crippen molar-refractivity contribution >= 4 is 26.0 Å². The Morgan fingerprint density at radius 3 is 2.76 bits per heavy atom. The molecule has 0 bridgehead atoms. The molecule has 0 aliphatic carbocycles. The number of benzene rings is 1. The van der Waals surface area contributed by atoms with Gasteiger partial charge in [0.1, 0.15) is 10.7 Å². The van der Waals surface area contributed by atoms with E-state index in [1.807, 2.05) is 0 Å². The highest BCUT2D eigenvalue weighted by Gasteiger charge is 2.31. The summed E-state index contributed by atoms with van der Waals surface area (Å²) in [5.41, 5.74) is 0. The zero-order valence-electron chi connectivity index (χ0n) is 9.06. The smallest absolute Gasteiger partial charge is 0.245 e. The Bertz CT molecular complexity index is 530. The second-order valence-electron chi connectivity index (χ2n) is 3.82. The first-order valence-corrected chi connectivity index (χ1v) is 7.17. The molecule has 0 N–H and O–H groups in total. The lowest BCUT2D eigenvalue weighted by molar-refractivity contribution is 0.358. The number of ether oxygens (including phenoxy) is 1. The Kier molecular flexibility index (Phi) is 3.53. The topological polar surface area (TPSA) is 49.9 Å². The second kappa shape index (κ2) is 4.64. The molecule has 0 aromatic heterocycles. The van der Waals surface area contributed by atoms with Gasteiger partial charge >= 0.3 is 0 Å². The van der Waals surface area contributed by atoms with Crippen molar-refractivity contribution in [2.45, 2.75) is 11.0 Å². The van der Waals surface area contributed by atoms with Crippen LogP contribution in [0.4, 0.5) is 4.39 Å². The molecule has 7 heteroatoms. The van der Waals surface area contributed by atoms with Crippen molar-refractivity contribution in [2.75, 3.05) is 20.2 Å². The van der Waals surface area contributed by atoms with Gasteiger partial charge in [0.05, 0.1) is 12.7 Å². The van der Waals surface area contributed by atoms with Crippen molar-refractivity contribution in [3.63, 3.8) is 0 Å². The molecule has 4 nitrogen and oxygen atoms in total. The highest BCUT2D eigenvalue weighted by molar-refractivity contribution is 9.10. The third kappa shape index (κ3) is 2.85. The van der Waals surface area contributed by atoms with Gasteiger partial charge in [0.15, 0.2) is 0 Å². The highest BCUT2D eigenvalue weighted by atomic mass is 79.9. The Morgan fingerprint density at radius 1 is 1.59 bits per heavy atom. The first-order chi connectivity index (χ1) is 7.91. The van der Waals surface area contributed by atoms with Gasteiger partial charge in [-0.15, -0.1) is 0 Å². The van der Waals surface area contributed by atoms with Crippen LogP contribution in [-0.4, -0.2) is 39.0 Å². The van der Waals surface area contributed by atoms with Gasteiger partial charge in [0, 0.05) is 18.1 Å². The average Bonchev–Trinajstić information content (AvgIpc) is 3.00. The number of nitrogens with zero attached hydrogens (tertiary/aromatic N) is 1. The maximum atomic E-state index is 13.6.